The Kier molecular flexibility index (Phi) is 3.26. The van der Waals surface area contributed by atoms with Crippen LogP contribution in [0.15, 0.2) is 42.5 Å². The van der Waals surface area contributed by atoms with Crippen molar-refractivity contribution >= 4 is 5.78 Å². The number of ether oxygens (including phenoxy) is 1. The fourth-order valence-corrected chi connectivity index (χ4v) is 2.84. The van der Waals surface area contributed by atoms with Crippen LogP contribution in [0.4, 0.5) is 4.39 Å². The molecule has 0 saturated carbocycles. The van der Waals surface area contributed by atoms with Crippen molar-refractivity contribution in [1.29, 1.82) is 0 Å². The molecule has 1 aliphatic carbocycles. The molecule has 102 valence electrons. The van der Waals surface area contributed by atoms with E-state index in [1.165, 1.54) is 36.4 Å². The number of carbonyl (C=O) groups excluding carboxylic acids is 1. The molecule has 2 aromatic rings. The summed E-state index contributed by atoms with van der Waals surface area (Å²) in [6, 6.07) is 12.1. The molecule has 0 saturated heterocycles. The van der Waals surface area contributed by atoms with Gasteiger partial charge in [0.1, 0.15) is 11.6 Å². The number of ketones is 1. The molecule has 0 radical (unpaired) electrons. The minimum atomic E-state index is -0.412. The first-order chi connectivity index (χ1) is 9.69. The van der Waals surface area contributed by atoms with Crippen LogP contribution in [0.3, 0.4) is 0 Å². The number of halogens is 1. The Morgan fingerprint density at radius 3 is 2.40 bits per heavy atom. The predicted molar refractivity (Wildman–Crippen MR) is 74.6 cm³/mol. The van der Waals surface area contributed by atoms with E-state index in [9.17, 15) is 9.18 Å². The predicted octanol–water partition coefficient (Wildman–Crippen LogP) is 3.43. The fraction of sp³-hybridized carbons (Fsp3) is 0.235. The Morgan fingerprint density at radius 2 is 1.80 bits per heavy atom. The fourth-order valence-electron chi connectivity index (χ4n) is 2.84. The van der Waals surface area contributed by atoms with Gasteiger partial charge in [-0.3, -0.25) is 4.79 Å². The van der Waals surface area contributed by atoms with Crippen LogP contribution in [0.2, 0.25) is 0 Å². The molecule has 3 heteroatoms. The van der Waals surface area contributed by atoms with Gasteiger partial charge in [0.2, 0.25) is 0 Å². The summed E-state index contributed by atoms with van der Waals surface area (Å²) in [4.78, 5) is 12.6. The molecule has 0 fully saturated rings. The number of carbonyl (C=O) groups is 1. The maximum absolute atomic E-state index is 13.4. The average molecular weight is 270 g/mol. The quantitative estimate of drug-likeness (QED) is 0.799. The first-order valence-corrected chi connectivity index (χ1v) is 6.63. The molecular formula is C17H15FO2. The summed E-state index contributed by atoms with van der Waals surface area (Å²) in [5.41, 5.74) is 2.76. The van der Waals surface area contributed by atoms with Gasteiger partial charge in [-0.25, -0.2) is 4.39 Å². The lowest BCUT2D eigenvalue weighted by Crippen LogP contribution is -2.16. The SMILES string of the molecule is COc1ccc(F)cc1C(=O)C1Cc2ccccc2C1. The summed E-state index contributed by atoms with van der Waals surface area (Å²) in [6.45, 7) is 0. The van der Waals surface area contributed by atoms with Crippen molar-refractivity contribution in [3.63, 3.8) is 0 Å². The Bertz CT molecular complexity index is 639. The summed E-state index contributed by atoms with van der Waals surface area (Å²) < 4.78 is 18.6. The Balaban J connectivity index is 1.90. The number of rotatable bonds is 3. The largest absolute Gasteiger partial charge is 0.496 e. The molecule has 0 heterocycles. The molecule has 2 nitrogen and oxygen atoms in total. The topological polar surface area (TPSA) is 26.3 Å². The summed E-state index contributed by atoms with van der Waals surface area (Å²) in [6.07, 6.45) is 1.43. The summed E-state index contributed by atoms with van der Waals surface area (Å²) in [5.74, 6) is -0.141. The number of Topliss-reactive ketones (excluding diaryl/α,β-unsaturated/α-hetero) is 1. The van der Waals surface area contributed by atoms with Crippen LogP contribution < -0.4 is 4.74 Å². The van der Waals surface area contributed by atoms with Crippen LogP contribution in [-0.2, 0) is 12.8 Å². The van der Waals surface area contributed by atoms with E-state index in [1.54, 1.807) is 0 Å². The number of hydrogen-bond donors (Lipinski definition) is 0. The van der Waals surface area contributed by atoms with Crippen molar-refractivity contribution in [2.45, 2.75) is 12.8 Å². The minimum Gasteiger partial charge on any atom is -0.496 e. The summed E-state index contributed by atoms with van der Waals surface area (Å²) >= 11 is 0. The third-order valence-electron chi connectivity index (χ3n) is 3.85. The normalized spacial score (nSPS) is 14.1. The zero-order chi connectivity index (χ0) is 14.1. The zero-order valence-electron chi connectivity index (χ0n) is 11.2. The first kappa shape index (κ1) is 12.9. The van der Waals surface area contributed by atoms with Crippen LogP contribution in [0, 0.1) is 11.7 Å². The highest BCUT2D eigenvalue weighted by molar-refractivity contribution is 6.01. The maximum atomic E-state index is 13.4. The molecule has 0 aliphatic heterocycles. The molecule has 0 spiro atoms. The molecule has 1 aliphatic rings. The molecule has 0 amide bonds. The third kappa shape index (κ3) is 2.20. The highest BCUT2D eigenvalue weighted by Crippen LogP contribution is 2.31. The number of hydrogen-bond acceptors (Lipinski definition) is 2. The highest BCUT2D eigenvalue weighted by Gasteiger charge is 2.29. The van der Waals surface area contributed by atoms with Crippen LogP contribution in [0.1, 0.15) is 21.5 Å². The van der Waals surface area contributed by atoms with Crippen molar-refractivity contribution in [3.05, 3.63) is 65.0 Å². The molecule has 0 bridgehead atoms. The van der Waals surface area contributed by atoms with E-state index in [1.807, 2.05) is 24.3 Å². The molecule has 0 aromatic heterocycles. The van der Waals surface area contributed by atoms with Crippen molar-refractivity contribution in [1.82, 2.24) is 0 Å². The minimum absolute atomic E-state index is 0.0439. The maximum Gasteiger partial charge on any atom is 0.170 e. The Morgan fingerprint density at radius 1 is 1.15 bits per heavy atom. The second kappa shape index (κ2) is 5.08. The van der Waals surface area contributed by atoms with Gasteiger partial charge in [0.25, 0.3) is 0 Å². The standard InChI is InChI=1S/C17H15FO2/c1-20-16-7-6-14(18)10-15(16)17(19)13-8-11-4-2-3-5-12(11)9-13/h2-7,10,13H,8-9H2,1H3. The van der Waals surface area contributed by atoms with Crippen molar-refractivity contribution in [2.75, 3.05) is 7.11 Å². The average Bonchev–Trinajstić information content (AvgIpc) is 2.90. The van der Waals surface area contributed by atoms with E-state index < -0.39 is 5.82 Å². The van der Waals surface area contributed by atoms with Gasteiger partial charge in [0.15, 0.2) is 5.78 Å². The van der Waals surface area contributed by atoms with Crippen LogP contribution >= 0.6 is 0 Å². The molecule has 2 aromatic carbocycles. The van der Waals surface area contributed by atoms with E-state index in [2.05, 4.69) is 0 Å². The van der Waals surface area contributed by atoms with Gasteiger partial charge in [-0.1, -0.05) is 24.3 Å². The van der Waals surface area contributed by atoms with Crippen LogP contribution in [-0.4, -0.2) is 12.9 Å². The zero-order valence-corrected chi connectivity index (χ0v) is 11.2. The van der Waals surface area contributed by atoms with E-state index in [-0.39, 0.29) is 11.7 Å². The molecule has 0 atom stereocenters. The lowest BCUT2D eigenvalue weighted by atomic mass is 9.94. The van der Waals surface area contributed by atoms with Gasteiger partial charge in [-0.05, 0) is 42.2 Å². The molecule has 20 heavy (non-hydrogen) atoms. The highest BCUT2D eigenvalue weighted by atomic mass is 19.1. The summed E-state index contributed by atoms with van der Waals surface area (Å²) in [5, 5.41) is 0. The second-order valence-electron chi connectivity index (χ2n) is 5.08. The Hall–Kier alpha value is -2.16. The van der Waals surface area contributed by atoms with Crippen molar-refractivity contribution < 1.29 is 13.9 Å². The second-order valence-corrected chi connectivity index (χ2v) is 5.08. The van der Waals surface area contributed by atoms with Gasteiger partial charge >= 0.3 is 0 Å². The monoisotopic (exact) mass is 270 g/mol. The number of methoxy groups -OCH3 is 1. The molecule has 3 rings (SSSR count). The van der Waals surface area contributed by atoms with Crippen molar-refractivity contribution in [3.8, 4) is 5.75 Å². The number of benzene rings is 2. The van der Waals surface area contributed by atoms with E-state index in [4.69, 9.17) is 4.74 Å². The first-order valence-electron chi connectivity index (χ1n) is 6.63. The van der Waals surface area contributed by atoms with Gasteiger partial charge in [0.05, 0.1) is 12.7 Å². The molecular weight excluding hydrogens is 255 g/mol. The van der Waals surface area contributed by atoms with E-state index in [0.717, 1.165) is 0 Å². The van der Waals surface area contributed by atoms with Crippen LogP contribution in [0.5, 0.6) is 5.75 Å². The lowest BCUT2D eigenvalue weighted by molar-refractivity contribution is 0.0921. The Labute approximate surface area is 117 Å². The van der Waals surface area contributed by atoms with Gasteiger partial charge < -0.3 is 4.74 Å². The van der Waals surface area contributed by atoms with E-state index >= 15 is 0 Å². The summed E-state index contributed by atoms with van der Waals surface area (Å²) in [7, 11) is 1.49. The van der Waals surface area contributed by atoms with Gasteiger partial charge in [0, 0.05) is 5.92 Å². The molecule has 0 N–H and O–H groups in total. The number of fused-ring (bicyclic) bond motifs is 1. The van der Waals surface area contributed by atoms with Crippen molar-refractivity contribution in [2.24, 2.45) is 5.92 Å². The molecule has 0 unspecified atom stereocenters. The van der Waals surface area contributed by atoms with Gasteiger partial charge in [-0.2, -0.15) is 0 Å². The third-order valence-corrected chi connectivity index (χ3v) is 3.85. The van der Waals surface area contributed by atoms with Crippen LogP contribution in [0.25, 0.3) is 0 Å². The van der Waals surface area contributed by atoms with E-state index in [0.29, 0.717) is 24.2 Å². The van der Waals surface area contributed by atoms with Gasteiger partial charge in [-0.15, -0.1) is 0 Å². The smallest absolute Gasteiger partial charge is 0.170 e. The lowest BCUT2D eigenvalue weighted by Gasteiger charge is -2.12.